The van der Waals surface area contributed by atoms with Gasteiger partial charge in [0.05, 0.1) is 5.92 Å². The van der Waals surface area contributed by atoms with E-state index in [1.165, 1.54) is 13.0 Å². The maximum Gasteiger partial charge on any atom is 0.306 e. The highest BCUT2D eigenvalue weighted by atomic mass is 16.4. The SMILES string of the molecule is CN1CCC(N(C)CC2CC2C(=O)O)C1. The normalized spacial score (nSPS) is 36.1. The van der Waals surface area contributed by atoms with Crippen molar-refractivity contribution in [3.8, 4) is 0 Å². The van der Waals surface area contributed by atoms with E-state index in [0.29, 0.717) is 12.0 Å². The highest BCUT2D eigenvalue weighted by molar-refractivity contribution is 5.73. The predicted molar refractivity (Wildman–Crippen MR) is 57.8 cm³/mol. The van der Waals surface area contributed by atoms with Crippen molar-refractivity contribution in [2.24, 2.45) is 11.8 Å². The zero-order valence-electron chi connectivity index (χ0n) is 9.52. The van der Waals surface area contributed by atoms with E-state index in [4.69, 9.17) is 5.11 Å². The molecule has 1 N–H and O–H groups in total. The van der Waals surface area contributed by atoms with Crippen molar-refractivity contribution in [1.29, 1.82) is 0 Å². The lowest BCUT2D eigenvalue weighted by atomic mass is 10.2. The second-order valence-corrected chi connectivity index (χ2v) is 5.08. The Morgan fingerprint density at radius 1 is 1.60 bits per heavy atom. The molecule has 3 unspecified atom stereocenters. The molecule has 2 aliphatic rings. The zero-order chi connectivity index (χ0) is 11.0. The summed E-state index contributed by atoms with van der Waals surface area (Å²) in [4.78, 5) is 15.4. The van der Waals surface area contributed by atoms with Gasteiger partial charge in [-0.3, -0.25) is 4.79 Å². The smallest absolute Gasteiger partial charge is 0.306 e. The number of nitrogens with zero attached hydrogens (tertiary/aromatic N) is 2. The third-order valence-corrected chi connectivity index (χ3v) is 3.75. The number of likely N-dealkylation sites (N-methyl/N-ethyl adjacent to an activating group) is 2. The van der Waals surface area contributed by atoms with Crippen molar-refractivity contribution in [2.75, 3.05) is 33.7 Å². The summed E-state index contributed by atoms with van der Waals surface area (Å²) in [6.07, 6.45) is 2.10. The van der Waals surface area contributed by atoms with E-state index in [1.807, 2.05) is 0 Å². The zero-order valence-corrected chi connectivity index (χ0v) is 9.52. The van der Waals surface area contributed by atoms with E-state index < -0.39 is 5.97 Å². The molecule has 15 heavy (non-hydrogen) atoms. The molecule has 0 spiro atoms. The van der Waals surface area contributed by atoms with Crippen LogP contribution in [0.1, 0.15) is 12.8 Å². The van der Waals surface area contributed by atoms with Crippen LogP contribution in [0.5, 0.6) is 0 Å². The van der Waals surface area contributed by atoms with Gasteiger partial charge in [0.15, 0.2) is 0 Å². The summed E-state index contributed by atoms with van der Waals surface area (Å²) in [5.41, 5.74) is 0. The second-order valence-electron chi connectivity index (χ2n) is 5.08. The molecule has 1 aliphatic carbocycles. The van der Waals surface area contributed by atoms with Crippen LogP contribution in [0.4, 0.5) is 0 Å². The first-order chi connectivity index (χ1) is 7.08. The average Bonchev–Trinajstić information content (AvgIpc) is 2.79. The number of aliphatic carboxylic acids is 1. The maximum atomic E-state index is 10.7. The molecule has 1 heterocycles. The number of likely N-dealkylation sites (tertiary alicyclic amines) is 1. The molecule has 3 atom stereocenters. The Bertz CT molecular complexity index is 257. The van der Waals surface area contributed by atoms with Gasteiger partial charge in [-0.15, -0.1) is 0 Å². The Hall–Kier alpha value is -0.610. The largest absolute Gasteiger partial charge is 0.481 e. The van der Waals surface area contributed by atoms with Crippen LogP contribution in [0.3, 0.4) is 0 Å². The molecule has 1 saturated carbocycles. The van der Waals surface area contributed by atoms with Gasteiger partial charge >= 0.3 is 5.97 Å². The molecule has 4 heteroatoms. The summed E-state index contributed by atoms with van der Waals surface area (Å²) in [5.74, 6) is -0.276. The first-order valence-corrected chi connectivity index (χ1v) is 5.69. The standard InChI is InChI=1S/C11H20N2O2/c1-12-4-3-9(7-12)13(2)6-8-5-10(8)11(14)15/h8-10H,3-7H2,1-2H3,(H,14,15). The monoisotopic (exact) mass is 212 g/mol. The highest BCUT2D eigenvalue weighted by Gasteiger charge is 2.44. The number of carbonyl (C=O) groups is 1. The molecule has 0 aromatic carbocycles. The molecule has 1 aliphatic heterocycles. The Balaban J connectivity index is 1.74. The average molecular weight is 212 g/mol. The van der Waals surface area contributed by atoms with Crippen molar-refractivity contribution in [1.82, 2.24) is 9.80 Å². The molecule has 0 radical (unpaired) electrons. The van der Waals surface area contributed by atoms with Crippen LogP contribution in [0.25, 0.3) is 0 Å². The van der Waals surface area contributed by atoms with Crippen molar-refractivity contribution >= 4 is 5.97 Å². The first kappa shape index (κ1) is 10.9. The number of carboxylic acids is 1. The van der Waals surface area contributed by atoms with Crippen molar-refractivity contribution in [3.05, 3.63) is 0 Å². The highest BCUT2D eigenvalue weighted by Crippen LogP contribution is 2.39. The fourth-order valence-electron chi connectivity index (χ4n) is 2.54. The van der Waals surface area contributed by atoms with Crippen LogP contribution in [-0.2, 0) is 4.79 Å². The molecule has 2 fully saturated rings. The lowest BCUT2D eigenvalue weighted by Crippen LogP contribution is -2.35. The van der Waals surface area contributed by atoms with Crippen LogP contribution < -0.4 is 0 Å². The van der Waals surface area contributed by atoms with Crippen LogP contribution in [0.2, 0.25) is 0 Å². The van der Waals surface area contributed by atoms with Gasteiger partial charge in [0, 0.05) is 19.1 Å². The van der Waals surface area contributed by atoms with Crippen molar-refractivity contribution in [2.45, 2.75) is 18.9 Å². The fraction of sp³-hybridized carbons (Fsp3) is 0.909. The van der Waals surface area contributed by atoms with Gasteiger partial charge < -0.3 is 14.9 Å². The Kier molecular flexibility index (Phi) is 2.98. The van der Waals surface area contributed by atoms with E-state index in [0.717, 1.165) is 19.5 Å². The quantitative estimate of drug-likeness (QED) is 0.730. The Morgan fingerprint density at radius 3 is 2.80 bits per heavy atom. The van der Waals surface area contributed by atoms with Gasteiger partial charge in [0.1, 0.15) is 0 Å². The minimum Gasteiger partial charge on any atom is -0.481 e. The van der Waals surface area contributed by atoms with Gasteiger partial charge in [-0.05, 0) is 39.4 Å². The molecular weight excluding hydrogens is 192 g/mol. The lowest BCUT2D eigenvalue weighted by Gasteiger charge is -2.23. The van der Waals surface area contributed by atoms with Crippen LogP contribution >= 0.6 is 0 Å². The third-order valence-electron chi connectivity index (χ3n) is 3.75. The molecule has 0 aromatic rings. The lowest BCUT2D eigenvalue weighted by molar-refractivity contribution is -0.138. The molecule has 4 nitrogen and oxygen atoms in total. The molecule has 2 rings (SSSR count). The molecule has 86 valence electrons. The molecule has 1 saturated heterocycles. The van der Waals surface area contributed by atoms with Gasteiger partial charge in [0.25, 0.3) is 0 Å². The van der Waals surface area contributed by atoms with Crippen LogP contribution in [-0.4, -0.2) is 60.6 Å². The predicted octanol–water partition coefficient (Wildman–Crippen LogP) is 0.343. The molecule has 0 bridgehead atoms. The van der Waals surface area contributed by atoms with Gasteiger partial charge in [0.2, 0.25) is 0 Å². The van der Waals surface area contributed by atoms with E-state index in [-0.39, 0.29) is 5.92 Å². The van der Waals surface area contributed by atoms with E-state index >= 15 is 0 Å². The van der Waals surface area contributed by atoms with E-state index in [1.54, 1.807) is 0 Å². The summed E-state index contributed by atoms with van der Waals surface area (Å²) < 4.78 is 0. The number of carboxylic acid groups (broad SMARTS) is 1. The summed E-state index contributed by atoms with van der Waals surface area (Å²) in [5, 5.41) is 8.82. The number of hydrogen-bond donors (Lipinski definition) is 1. The summed E-state index contributed by atoms with van der Waals surface area (Å²) >= 11 is 0. The summed E-state index contributed by atoms with van der Waals surface area (Å²) in [6.45, 7) is 3.25. The van der Waals surface area contributed by atoms with E-state index in [9.17, 15) is 4.79 Å². The van der Waals surface area contributed by atoms with Crippen LogP contribution in [0.15, 0.2) is 0 Å². The third kappa shape index (κ3) is 2.49. The maximum absolute atomic E-state index is 10.7. The molecular formula is C11H20N2O2. The van der Waals surface area contributed by atoms with Gasteiger partial charge in [-0.25, -0.2) is 0 Å². The number of hydrogen-bond acceptors (Lipinski definition) is 3. The Morgan fingerprint density at radius 2 is 2.33 bits per heavy atom. The minimum atomic E-state index is -0.614. The van der Waals surface area contributed by atoms with Gasteiger partial charge in [-0.2, -0.15) is 0 Å². The van der Waals surface area contributed by atoms with Crippen molar-refractivity contribution in [3.63, 3.8) is 0 Å². The fourth-order valence-corrected chi connectivity index (χ4v) is 2.54. The molecule has 0 aromatic heterocycles. The molecule has 0 amide bonds. The number of rotatable bonds is 4. The van der Waals surface area contributed by atoms with E-state index in [2.05, 4.69) is 23.9 Å². The second kappa shape index (κ2) is 4.10. The Labute approximate surface area is 90.9 Å². The topological polar surface area (TPSA) is 43.8 Å². The minimum absolute atomic E-state index is 0.0633. The first-order valence-electron chi connectivity index (χ1n) is 5.69. The summed E-state index contributed by atoms with van der Waals surface area (Å²) in [7, 11) is 4.27. The summed E-state index contributed by atoms with van der Waals surface area (Å²) in [6, 6.07) is 0.630. The van der Waals surface area contributed by atoms with Crippen LogP contribution in [0, 0.1) is 11.8 Å². The van der Waals surface area contributed by atoms with Gasteiger partial charge in [-0.1, -0.05) is 0 Å². The van der Waals surface area contributed by atoms with Crippen molar-refractivity contribution < 1.29 is 9.90 Å².